The third kappa shape index (κ3) is 4.75. The molecular formula is C23H26N4O. The minimum Gasteiger partial charge on any atom is -0.378 e. The summed E-state index contributed by atoms with van der Waals surface area (Å²) in [6, 6.07) is 20.0. The van der Waals surface area contributed by atoms with Crippen molar-refractivity contribution in [3.63, 3.8) is 0 Å². The molecule has 1 amide bonds. The number of pyridine rings is 1. The Hall–Kier alpha value is -3.18. The van der Waals surface area contributed by atoms with E-state index in [4.69, 9.17) is 5.73 Å². The molecule has 0 aliphatic rings. The van der Waals surface area contributed by atoms with Crippen LogP contribution in [-0.2, 0) is 13.0 Å². The van der Waals surface area contributed by atoms with Crippen LogP contribution >= 0.6 is 0 Å². The smallest absolute Gasteiger partial charge is 0.270 e. The predicted octanol–water partition coefficient (Wildman–Crippen LogP) is 3.25. The molecule has 144 valence electrons. The molecule has 1 heterocycles. The number of nitrogens with one attached hydrogen (secondary N) is 1. The second-order valence-electron chi connectivity index (χ2n) is 6.87. The van der Waals surface area contributed by atoms with Gasteiger partial charge in [-0.2, -0.15) is 0 Å². The van der Waals surface area contributed by atoms with Crippen LogP contribution in [0.2, 0.25) is 0 Å². The van der Waals surface area contributed by atoms with E-state index in [1.54, 1.807) is 6.20 Å². The minimum atomic E-state index is -0.168. The van der Waals surface area contributed by atoms with Crippen LogP contribution in [0.3, 0.4) is 0 Å². The molecule has 0 atom stereocenters. The van der Waals surface area contributed by atoms with Crippen molar-refractivity contribution in [3.8, 4) is 11.1 Å². The molecule has 0 spiro atoms. The van der Waals surface area contributed by atoms with Crippen LogP contribution in [-0.4, -0.2) is 31.5 Å². The summed E-state index contributed by atoms with van der Waals surface area (Å²) in [6.07, 6.45) is 2.41. The standard InChI is InChI=1S/C23H26N4O/c1-27(2)20-10-8-17(9-11-20)12-14-26-23(28)22-21(7-4-13-25-22)19-6-3-5-18(15-19)16-24/h3-11,13,15H,12,14,16,24H2,1-2H3,(H,26,28). The Bertz CT molecular complexity index is 935. The third-order valence-electron chi connectivity index (χ3n) is 4.65. The lowest BCUT2D eigenvalue weighted by atomic mass is 10.0. The molecular weight excluding hydrogens is 348 g/mol. The largest absolute Gasteiger partial charge is 0.378 e. The fourth-order valence-electron chi connectivity index (χ4n) is 3.05. The number of aromatic nitrogens is 1. The van der Waals surface area contributed by atoms with Crippen molar-refractivity contribution in [3.05, 3.63) is 83.7 Å². The lowest BCUT2D eigenvalue weighted by molar-refractivity contribution is 0.0950. The van der Waals surface area contributed by atoms with Crippen molar-refractivity contribution < 1.29 is 4.79 Å². The number of hydrogen-bond acceptors (Lipinski definition) is 4. The topological polar surface area (TPSA) is 71.2 Å². The first kappa shape index (κ1) is 19.6. The molecule has 0 unspecified atom stereocenters. The van der Waals surface area contributed by atoms with Gasteiger partial charge in [-0.1, -0.05) is 36.4 Å². The van der Waals surface area contributed by atoms with Gasteiger partial charge in [0.1, 0.15) is 5.69 Å². The van der Waals surface area contributed by atoms with Crippen molar-refractivity contribution in [1.82, 2.24) is 10.3 Å². The van der Waals surface area contributed by atoms with E-state index in [1.165, 1.54) is 5.56 Å². The molecule has 5 heteroatoms. The molecule has 2 aromatic carbocycles. The lowest BCUT2D eigenvalue weighted by Gasteiger charge is -2.13. The van der Waals surface area contributed by atoms with E-state index in [0.29, 0.717) is 18.8 Å². The highest BCUT2D eigenvalue weighted by Gasteiger charge is 2.14. The summed E-state index contributed by atoms with van der Waals surface area (Å²) in [5, 5.41) is 2.99. The number of anilines is 1. The second kappa shape index (κ2) is 9.15. The molecule has 5 nitrogen and oxygen atoms in total. The zero-order valence-electron chi connectivity index (χ0n) is 16.4. The third-order valence-corrected chi connectivity index (χ3v) is 4.65. The molecule has 0 bridgehead atoms. The van der Waals surface area contributed by atoms with Gasteiger partial charge in [-0.05, 0) is 47.4 Å². The van der Waals surface area contributed by atoms with Gasteiger partial charge < -0.3 is 16.0 Å². The Kier molecular flexibility index (Phi) is 6.40. The summed E-state index contributed by atoms with van der Waals surface area (Å²) in [7, 11) is 4.03. The molecule has 0 aliphatic heterocycles. The summed E-state index contributed by atoms with van der Waals surface area (Å²) in [5.74, 6) is -0.168. The molecule has 1 aromatic heterocycles. The molecule has 0 saturated heterocycles. The summed E-state index contributed by atoms with van der Waals surface area (Å²) in [6.45, 7) is 1.02. The first-order valence-electron chi connectivity index (χ1n) is 9.37. The Morgan fingerprint density at radius 3 is 2.54 bits per heavy atom. The van der Waals surface area contributed by atoms with Gasteiger partial charge in [-0.25, -0.2) is 0 Å². The number of benzene rings is 2. The van der Waals surface area contributed by atoms with Crippen molar-refractivity contribution >= 4 is 11.6 Å². The number of nitrogens with zero attached hydrogens (tertiary/aromatic N) is 2. The molecule has 3 aromatic rings. The van der Waals surface area contributed by atoms with Crippen LogP contribution in [0.15, 0.2) is 66.9 Å². The van der Waals surface area contributed by atoms with Gasteiger partial charge in [0.15, 0.2) is 0 Å². The number of carbonyl (C=O) groups is 1. The van der Waals surface area contributed by atoms with Crippen molar-refractivity contribution in [1.29, 1.82) is 0 Å². The van der Waals surface area contributed by atoms with Gasteiger partial charge in [0.25, 0.3) is 5.91 Å². The van der Waals surface area contributed by atoms with Gasteiger partial charge in [0.05, 0.1) is 0 Å². The van der Waals surface area contributed by atoms with Crippen LogP contribution in [0.1, 0.15) is 21.6 Å². The molecule has 0 fully saturated rings. The Morgan fingerprint density at radius 2 is 1.82 bits per heavy atom. The monoisotopic (exact) mass is 374 g/mol. The predicted molar refractivity (Wildman–Crippen MR) is 114 cm³/mol. The van der Waals surface area contributed by atoms with Gasteiger partial charge in [0.2, 0.25) is 0 Å². The summed E-state index contributed by atoms with van der Waals surface area (Å²) in [5.41, 5.74) is 11.3. The van der Waals surface area contributed by atoms with E-state index in [0.717, 1.165) is 28.8 Å². The van der Waals surface area contributed by atoms with E-state index in [9.17, 15) is 4.79 Å². The van der Waals surface area contributed by atoms with Gasteiger partial charge >= 0.3 is 0 Å². The van der Waals surface area contributed by atoms with Gasteiger partial charge in [-0.3, -0.25) is 9.78 Å². The number of amides is 1. The van der Waals surface area contributed by atoms with Crippen molar-refractivity contribution in [2.24, 2.45) is 5.73 Å². The van der Waals surface area contributed by atoms with Gasteiger partial charge in [-0.15, -0.1) is 0 Å². The van der Waals surface area contributed by atoms with E-state index >= 15 is 0 Å². The minimum absolute atomic E-state index is 0.168. The fraction of sp³-hybridized carbons (Fsp3) is 0.217. The van der Waals surface area contributed by atoms with Crippen LogP contribution in [0, 0.1) is 0 Å². The van der Waals surface area contributed by atoms with E-state index in [2.05, 4.69) is 39.5 Å². The van der Waals surface area contributed by atoms with Gasteiger partial charge in [0, 0.05) is 44.6 Å². The van der Waals surface area contributed by atoms with Crippen LogP contribution in [0.4, 0.5) is 5.69 Å². The van der Waals surface area contributed by atoms with Crippen LogP contribution in [0.25, 0.3) is 11.1 Å². The maximum atomic E-state index is 12.7. The number of carbonyl (C=O) groups excluding carboxylic acids is 1. The van der Waals surface area contributed by atoms with Crippen molar-refractivity contribution in [2.75, 3.05) is 25.5 Å². The zero-order chi connectivity index (χ0) is 19.9. The molecule has 0 aliphatic carbocycles. The normalized spacial score (nSPS) is 10.5. The maximum absolute atomic E-state index is 12.7. The number of rotatable bonds is 7. The lowest BCUT2D eigenvalue weighted by Crippen LogP contribution is -2.27. The fourth-order valence-corrected chi connectivity index (χ4v) is 3.05. The summed E-state index contributed by atoms with van der Waals surface area (Å²) in [4.78, 5) is 19.1. The molecule has 0 radical (unpaired) electrons. The molecule has 3 rings (SSSR count). The van der Waals surface area contributed by atoms with Crippen LogP contribution in [0.5, 0.6) is 0 Å². The molecule has 3 N–H and O–H groups in total. The van der Waals surface area contributed by atoms with E-state index in [1.807, 2.05) is 50.5 Å². The summed E-state index contributed by atoms with van der Waals surface area (Å²) < 4.78 is 0. The Balaban J connectivity index is 1.68. The first-order valence-corrected chi connectivity index (χ1v) is 9.37. The summed E-state index contributed by atoms with van der Waals surface area (Å²) >= 11 is 0. The maximum Gasteiger partial charge on any atom is 0.270 e. The average molecular weight is 374 g/mol. The highest BCUT2D eigenvalue weighted by atomic mass is 16.1. The van der Waals surface area contributed by atoms with E-state index < -0.39 is 0 Å². The van der Waals surface area contributed by atoms with Crippen LogP contribution < -0.4 is 16.0 Å². The van der Waals surface area contributed by atoms with E-state index in [-0.39, 0.29) is 5.91 Å². The average Bonchev–Trinajstić information content (AvgIpc) is 2.74. The highest BCUT2D eigenvalue weighted by Crippen LogP contribution is 2.23. The number of hydrogen-bond donors (Lipinski definition) is 2. The zero-order valence-corrected chi connectivity index (χ0v) is 16.4. The SMILES string of the molecule is CN(C)c1ccc(CCNC(=O)c2ncccc2-c2cccc(CN)c2)cc1. The first-order chi connectivity index (χ1) is 13.6. The Labute approximate surface area is 166 Å². The molecule has 28 heavy (non-hydrogen) atoms. The second-order valence-corrected chi connectivity index (χ2v) is 6.87. The highest BCUT2D eigenvalue weighted by molar-refractivity contribution is 5.98. The quantitative estimate of drug-likeness (QED) is 0.666. The van der Waals surface area contributed by atoms with Crippen molar-refractivity contribution in [2.45, 2.75) is 13.0 Å². The number of nitrogens with two attached hydrogens (primary N) is 1. The molecule has 0 saturated carbocycles. The Morgan fingerprint density at radius 1 is 1.04 bits per heavy atom.